The van der Waals surface area contributed by atoms with Crippen LogP contribution < -0.4 is 5.32 Å². The summed E-state index contributed by atoms with van der Waals surface area (Å²) in [7, 11) is 0. The van der Waals surface area contributed by atoms with Crippen molar-refractivity contribution >= 4 is 18.0 Å². The van der Waals surface area contributed by atoms with Crippen LogP contribution in [0.1, 0.15) is 27.6 Å². The molecule has 0 bridgehead atoms. The summed E-state index contributed by atoms with van der Waals surface area (Å²) in [5.41, 5.74) is 0.604. The van der Waals surface area contributed by atoms with Crippen LogP contribution in [0.5, 0.6) is 0 Å². The van der Waals surface area contributed by atoms with Crippen molar-refractivity contribution in [1.29, 1.82) is 0 Å². The summed E-state index contributed by atoms with van der Waals surface area (Å²) in [6.45, 7) is 1.36. The largest absolute Gasteiger partial charge is 0.345 e. The second-order valence-corrected chi connectivity index (χ2v) is 3.09. The van der Waals surface area contributed by atoms with E-state index in [9.17, 15) is 14.4 Å². The smallest absolute Gasteiger partial charge is 0.252 e. The lowest BCUT2D eigenvalue weighted by molar-refractivity contribution is -0.116. The van der Waals surface area contributed by atoms with Crippen molar-refractivity contribution in [3.8, 4) is 0 Å². The zero-order valence-corrected chi connectivity index (χ0v) is 8.32. The van der Waals surface area contributed by atoms with Gasteiger partial charge < -0.3 is 5.32 Å². The van der Waals surface area contributed by atoms with Crippen LogP contribution in [-0.4, -0.2) is 24.5 Å². The number of ketones is 1. The highest BCUT2D eigenvalue weighted by Gasteiger charge is 2.09. The first-order valence-electron chi connectivity index (χ1n) is 4.47. The summed E-state index contributed by atoms with van der Waals surface area (Å²) >= 11 is 0. The Morgan fingerprint density at radius 1 is 1.33 bits per heavy atom. The number of carbonyl (C=O) groups excluding carboxylic acids is 3. The Bertz CT molecular complexity index is 399. The van der Waals surface area contributed by atoms with E-state index in [1.807, 2.05) is 0 Å². The van der Waals surface area contributed by atoms with E-state index in [2.05, 4.69) is 5.32 Å². The number of carbonyl (C=O) groups is 3. The summed E-state index contributed by atoms with van der Waals surface area (Å²) in [6, 6.07) is 6.43. The molecular formula is C11H11NO3. The molecule has 15 heavy (non-hydrogen) atoms. The molecule has 0 aliphatic rings. The van der Waals surface area contributed by atoms with Crippen molar-refractivity contribution in [2.24, 2.45) is 0 Å². The van der Waals surface area contributed by atoms with Crippen LogP contribution in [0.4, 0.5) is 0 Å². The normalized spacial score (nSPS) is 9.40. The number of hydrogen-bond donors (Lipinski definition) is 1. The van der Waals surface area contributed by atoms with Crippen LogP contribution in [-0.2, 0) is 4.79 Å². The second kappa shape index (κ2) is 5.05. The third kappa shape index (κ3) is 3.02. The van der Waals surface area contributed by atoms with Crippen LogP contribution in [0.2, 0.25) is 0 Å². The lowest BCUT2D eigenvalue weighted by Crippen LogP contribution is -2.28. The number of rotatable bonds is 4. The van der Waals surface area contributed by atoms with Crippen LogP contribution >= 0.6 is 0 Å². The number of aldehydes is 1. The fourth-order valence-corrected chi connectivity index (χ4v) is 1.11. The monoisotopic (exact) mass is 205 g/mol. The molecule has 0 unspecified atom stereocenters. The van der Waals surface area contributed by atoms with Crippen molar-refractivity contribution < 1.29 is 14.4 Å². The van der Waals surface area contributed by atoms with Gasteiger partial charge in [-0.1, -0.05) is 18.2 Å². The molecule has 0 fully saturated rings. The van der Waals surface area contributed by atoms with E-state index < -0.39 is 5.91 Å². The zero-order chi connectivity index (χ0) is 11.3. The molecule has 1 amide bonds. The summed E-state index contributed by atoms with van der Waals surface area (Å²) < 4.78 is 0. The minimum absolute atomic E-state index is 0.0218. The summed E-state index contributed by atoms with van der Waals surface area (Å²) in [4.78, 5) is 32.8. The van der Waals surface area contributed by atoms with Crippen molar-refractivity contribution in [3.05, 3.63) is 35.4 Å². The van der Waals surface area contributed by atoms with Gasteiger partial charge in [0.2, 0.25) is 0 Å². The first-order valence-corrected chi connectivity index (χ1v) is 4.47. The predicted molar refractivity (Wildman–Crippen MR) is 54.8 cm³/mol. The first kappa shape index (κ1) is 11.1. The van der Waals surface area contributed by atoms with E-state index in [-0.39, 0.29) is 17.9 Å². The van der Waals surface area contributed by atoms with Crippen molar-refractivity contribution in [2.75, 3.05) is 6.54 Å². The lowest BCUT2D eigenvalue weighted by Gasteiger charge is -2.04. The Hall–Kier alpha value is -1.97. The molecule has 1 rings (SSSR count). The molecule has 4 nitrogen and oxygen atoms in total. The minimum atomic E-state index is -0.409. The van der Waals surface area contributed by atoms with Gasteiger partial charge in [0.15, 0.2) is 6.29 Å². The fourth-order valence-electron chi connectivity index (χ4n) is 1.11. The quantitative estimate of drug-likeness (QED) is 0.740. The summed E-state index contributed by atoms with van der Waals surface area (Å²) in [5.74, 6) is -0.542. The number of nitrogens with one attached hydrogen (secondary N) is 1. The molecule has 0 saturated heterocycles. The number of amides is 1. The van der Waals surface area contributed by atoms with Gasteiger partial charge in [0.05, 0.1) is 6.54 Å². The van der Waals surface area contributed by atoms with E-state index >= 15 is 0 Å². The molecule has 4 heteroatoms. The van der Waals surface area contributed by atoms with E-state index in [0.717, 1.165) is 0 Å². The molecule has 0 radical (unpaired) electrons. The lowest BCUT2D eigenvalue weighted by atomic mass is 10.1. The van der Waals surface area contributed by atoms with E-state index in [4.69, 9.17) is 0 Å². The third-order valence-corrected chi connectivity index (χ3v) is 1.83. The highest BCUT2D eigenvalue weighted by molar-refractivity contribution is 6.02. The fraction of sp³-hybridized carbons (Fsp3) is 0.182. The SMILES string of the molecule is CC(=O)CNC(=O)c1ccccc1C=O. The average Bonchev–Trinajstić information content (AvgIpc) is 2.25. The molecule has 1 N–H and O–H groups in total. The molecule has 1 aromatic rings. The topological polar surface area (TPSA) is 63.2 Å². The summed E-state index contributed by atoms with van der Waals surface area (Å²) in [6.07, 6.45) is 0.614. The Kier molecular flexibility index (Phi) is 3.74. The number of Topliss-reactive ketones (excluding diaryl/α,β-unsaturated/α-hetero) is 1. The van der Waals surface area contributed by atoms with Crippen LogP contribution in [0.3, 0.4) is 0 Å². The number of benzene rings is 1. The second-order valence-electron chi connectivity index (χ2n) is 3.09. The zero-order valence-electron chi connectivity index (χ0n) is 8.32. The van der Waals surface area contributed by atoms with Crippen LogP contribution in [0, 0.1) is 0 Å². The van der Waals surface area contributed by atoms with Gasteiger partial charge in [-0.05, 0) is 13.0 Å². The molecule has 0 spiro atoms. The van der Waals surface area contributed by atoms with Gasteiger partial charge in [-0.3, -0.25) is 14.4 Å². The highest BCUT2D eigenvalue weighted by atomic mass is 16.2. The van der Waals surface area contributed by atoms with E-state index in [0.29, 0.717) is 11.8 Å². The molecule has 0 atom stereocenters. The van der Waals surface area contributed by atoms with E-state index in [1.54, 1.807) is 24.3 Å². The maximum absolute atomic E-state index is 11.5. The number of hydrogen-bond acceptors (Lipinski definition) is 3. The van der Waals surface area contributed by atoms with Gasteiger partial charge in [0.1, 0.15) is 5.78 Å². The van der Waals surface area contributed by atoms with Crippen LogP contribution in [0.15, 0.2) is 24.3 Å². The summed E-state index contributed by atoms with van der Waals surface area (Å²) in [5, 5.41) is 2.43. The molecule has 0 heterocycles. The molecule has 1 aromatic carbocycles. The van der Waals surface area contributed by atoms with E-state index in [1.165, 1.54) is 6.92 Å². The predicted octanol–water partition coefficient (Wildman–Crippen LogP) is 0.818. The standard InChI is InChI=1S/C11H11NO3/c1-8(14)6-12-11(15)10-5-3-2-4-9(10)7-13/h2-5,7H,6H2,1H3,(H,12,15). The Morgan fingerprint density at radius 2 is 2.00 bits per heavy atom. The molecule has 78 valence electrons. The molecule has 0 aliphatic heterocycles. The van der Waals surface area contributed by atoms with Crippen molar-refractivity contribution in [2.45, 2.75) is 6.92 Å². The molecule has 0 aliphatic carbocycles. The Morgan fingerprint density at radius 3 is 2.60 bits per heavy atom. The van der Waals surface area contributed by atoms with Crippen molar-refractivity contribution in [1.82, 2.24) is 5.32 Å². The van der Waals surface area contributed by atoms with Gasteiger partial charge in [0, 0.05) is 11.1 Å². The van der Waals surface area contributed by atoms with Gasteiger partial charge in [0.25, 0.3) is 5.91 Å². The Balaban J connectivity index is 2.81. The third-order valence-electron chi connectivity index (χ3n) is 1.83. The maximum Gasteiger partial charge on any atom is 0.252 e. The van der Waals surface area contributed by atoms with Gasteiger partial charge in [-0.15, -0.1) is 0 Å². The highest BCUT2D eigenvalue weighted by Crippen LogP contribution is 2.05. The average molecular weight is 205 g/mol. The van der Waals surface area contributed by atoms with Crippen molar-refractivity contribution in [3.63, 3.8) is 0 Å². The van der Waals surface area contributed by atoms with Gasteiger partial charge in [-0.2, -0.15) is 0 Å². The van der Waals surface area contributed by atoms with Crippen LogP contribution in [0.25, 0.3) is 0 Å². The van der Waals surface area contributed by atoms with Gasteiger partial charge in [-0.25, -0.2) is 0 Å². The molecule has 0 saturated carbocycles. The molecule has 0 aromatic heterocycles. The maximum atomic E-state index is 11.5. The van der Waals surface area contributed by atoms with Gasteiger partial charge >= 0.3 is 0 Å². The molecular weight excluding hydrogens is 194 g/mol. The Labute approximate surface area is 87.3 Å². The minimum Gasteiger partial charge on any atom is -0.345 e. The first-order chi connectivity index (χ1) is 7.15.